The average Bonchev–Trinajstić information content (AvgIpc) is 3.51. The fourth-order valence-corrected chi connectivity index (χ4v) is 8.92. The lowest BCUT2D eigenvalue weighted by Gasteiger charge is -2.40. The number of rotatable bonds is 54. The number of carbonyl (C=O) groups excluding carboxylic acids is 3. The summed E-state index contributed by atoms with van der Waals surface area (Å²) < 4.78 is 28.5. The van der Waals surface area contributed by atoms with Crippen LogP contribution in [0.5, 0.6) is 0 Å². The van der Waals surface area contributed by atoms with E-state index in [0.29, 0.717) is 19.3 Å². The predicted molar refractivity (Wildman–Crippen MR) is 349 cm³/mol. The van der Waals surface area contributed by atoms with Crippen molar-refractivity contribution in [2.24, 2.45) is 0 Å². The number of carbonyl (C=O) groups is 4. The normalized spacial score (nSPS) is 18.4. The summed E-state index contributed by atoms with van der Waals surface area (Å²) in [6, 6.07) is 0. The Morgan fingerprint density at radius 2 is 0.741 bits per heavy atom. The van der Waals surface area contributed by atoms with Gasteiger partial charge in [0, 0.05) is 19.3 Å². The van der Waals surface area contributed by atoms with E-state index in [-0.39, 0.29) is 25.9 Å². The first-order valence-corrected chi connectivity index (χ1v) is 32.8. The van der Waals surface area contributed by atoms with Gasteiger partial charge in [0.2, 0.25) is 0 Å². The number of hydrogen-bond donors (Lipinski definition) is 3. The third-order valence-corrected chi connectivity index (χ3v) is 13.9. The Kier molecular flexibility index (Phi) is 53.8. The van der Waals surface area contributed by atoms with Gasteiger partial charge in [-0.2, -0.15) is 0 Å². The number of carboxylic acids is 1. The zero-order valence-electron chi connectivity index (χ0n) is 52.8. The van der Waals surface area contributed by atoms with Crippen LogP contribution in [0.2, 0.25) is 0 Å². The summed E-state index contributed by atoms with van der Waals surface area (Å²) in [6.45, 7) is 5.70. The standard InChI is InChI=1S/C73H114O12/c1-4-7-10-13-16-19-22-25-28-31-33-36-38-41-44-47-50-53-56-59-65(74)81-62-64(83-66(75)60-57-54-51-48-45-42-39-35-30-27-24-21-18-15-12-9-6-3)63-82-73-71(69(78)68(77)70(85-73)72(79)80)84-67(76)61-58-55-52-49-46-43-40-37-34-32-29-26-23-20-17-14-11-8-5-2/h7-8,10-11,16-21,25-30,33-34,36-37,41,43-44,46,64,68-71,73,77-78H,4-6,9,12-15,22-24,31-32,35,38-40,42,45,47-63H2,1-3H3,(H,79,80)/b10-7-,11-8-,19-16-,20-17-,21-18-,28-25-,29-26-,30-27-,36-33-,37-34-,44-41-,46-43-. The van der Waals surface area contributed by atoms with Crippen LogP contribution in [0.3, 0.4) is 0 Å². The number of esters is 3. The minimum Gasteiger partial charge on any atom is -0.479 e. The molecule has 3 N–H and O–H groups in total. The van der Waals surface area contributed by atoms with E-state index >= 15 is 0 Å². The Morgan fingerprint density at radius 3 is 1.14 bits per heavy atom. The third kappa shape index (κ3) is 48.4. The number of ether oxygens (including phenoxy) is 5. The molecular formula is C73H114O12. The maximum absolute atomic E-state index is 13.2. The molecule has 1 heterocycles. The molecular weight excluding hydrogens is 1070 g/mol. The molecule has 0 aromatic rings. The molecule has 1 rings (SSSR count). The minimum absolute atomic E-state index is 0.00873. The Balaban J connectivity index is 2.72. The predicted octanol–water partition coefficient (Wildman–Crippen LogP) is 17.9. The largest absolute Gasteiger partial charge is 0.479 e. The Hall–Kier alpha value is -5.40. The number of aliphatic hydroxyl groups excluding tert-OH is 2. The van der Waals surface area contributed by atoms with E-state index in [1.165, 1.54) is 19.3 Å². The second-order valence-corrected chi connectivity index (χ2v) is 21.6. The molecule has 1 aliphatic heterocycles. The number of unbranched alkanes of at least 4 members (excludes halogenated alkanes) is 16. The number of aliphatic hydroxyl groups is 2. The molecule has 0 aromatic carbocycles. The highest BCUT2D eigenvalue weighted by molar-refractivity contribution is 5.74. The van der Waals surface area contributed by atoms with Crippen LogP contribution < -0.4 is 0 Å². The second-order valence-electron chi connectivity index (χ2n) is 21.6. The van der Waals surface area contributed by atoms with E-state index in [1.807, 2.05) is 0 Å². The van der Waals surface area contributed by atoms with Crippen LogP contribution >= 0.6 is 0 Å². The number of allylic oxidation sites excluding steroid dienone is 24. The summed E-state index contributed by atoms with van der Waals surface area (Å²) in [5.41, 5.74) is 0. The Bertz CT molecular complexity index is 2030. The lowest BCUT2D eigenvalue weighted by Crippen LogP contribution is -2.61. The zero-order chi connectivity index (χ0) is 61.7. The quantitative estimate of drug-likeness (QED) is 0.0228. The van der Waals surface area contributed by atoms with Gasteiger partial charge in [-0.3, -0.25) is 14.4 Å². The molecule has 85 heavy (non-hydrogen) atoms. The Labute approximate surface area is 514 Å². The van der Waals surface area contributed by atoms with Crippen molar-refractivity contribution >= 4 is 23.9 Å². The monoisotopic (exact) mass is 1180 g/mol. The molecule has 478 valence electrons. The average molecular weight is 1180 g/mol. The number of aliphatic carboxylic acids is 1. The van der Waals surface area contributed by atoms with Gasteiger partial charge in [0.05, 0.1) is 6.61 Å². The van der Waals surface area contributed by atoms with Crippen LogP contribution in [-0.4, -0.2) is 89.2 Å². The molecule has 6 unspecified atom stereocenters. The molecule has 12 nitrogen and oxygen atoms in total. The van der Waals surface area contributed by atoms with Crippen LogP contribution in [0.4, 0.5) is 0 Å². The molecule has 1 aliphatic rings. The summed E-state index contributed by atoms with van der Waals surface area (Å²) in [4.78, 5) is 51.4. The van der Waals surface area contributed by atoms with Crippen molar-refractivity contribution in [1.29, 1.82) is 0 Å². The van der Waals surface area contributed by atoms with Crippen molar-refractivity contribution in [3.8, 4) is 0 Å². The maximum atomic E-state index is 13.2. The van der Waals surface area contributed by atoms with Gasteiger partial charge >= 0.3 is 23.9 Å². The molecule has 0 aliphatic carbocycles. The molecule has 0 amide bonds. The molecule has 0 spiro atoms. The fourth-order valence-electron chi connectivity index (χ4n) is 8.92. The zero-order valence-corrected chi connectivity index (χ0v) is 52.8. The SMILES string of the molecule is CC/C=C\C/C=C\C/C=C\C/C=C\C/C=C\CCCCCC(=O)OCC(COC1OC(C(=O)O)C(O)C(O)C1OC(=O)CCCCC/C=C\C/C=C\C/C=C\C/C=C\C/C=C\CC)OC(=O)CCCCCCCCC/C=C\C/C=C\CCCCC. The van der Waals surface area contributed by atoms with Crippen LogP contribution in [0.1, 0.15) is 239 Å². The van der Waals surface area contributed by atoms with Crippen molar-refractivity contribution in [2.75, 3.05) is 13.2 Å². The van der Waals surface area contributed by atoms with Gasteiger partial charge in [-0.15, -0.1) is 0 Å². The first-order valence-electron chi connectivity index (χ1n) is 32.8. The molecule has 0 aromatic heterocycles. The molecule has 1 saturated heterocycles. The third-order valence-electron chi connectivity index (χ3n) is 13.9. The maximum Gasteiger partial charge on any atom is 0.335 e. The van der Waals surface area contributed by atoms with E-state index in [0.717, 1.165) is 161 Å². The highest BCUT2D eigenvalue weighted by Crippen LogP contribution is 2.26. The van der Waals surface area contributed by atoms with Gasteiger partial charge < -0.3 is 39.0 Å². The van der Waals surface area contributed by atoms with Crippen molar-refractivity contribution < 1.29 is 58.2 Å². The van der Waals surface area contributed by atoms with Gasteiger partial charge in [0.15, 0.2) is 24.6 Å². The highest BCUT2D eigenvalue weighted by atomic mass is 16.7. The van der Waals surface area contributed by atoms with Crippen molar-refractivity contribution in [3.05, 3.63) is 146 Å². The van der Waals surface area contributed by atoms with Crippen LogP contribution in [0, 0.1) is 0 Å². The van der Waals surface area contributed by atoms with E-state index in [4.69, 9.17) is 23.7 Å². The van der Waals surface area contributed by atoms with Crippen molar-refractivity contribution in [2.45, 2.75) is 276 Å². The molecule has 0 bridgehead atoms. The Morgan fingerprint density at radius 1 is 0.400 bits per heavy atom. The van der Waals surface area contributed by atoms with Crippen molar-refractivity contribution in [3.63, 3.8) is 0 Å². The molecule has 12 heteroatoms. The topological polar surface area (TPSA) is 175 Å². The highest BCUT2D eigenvalue weighted by Gasteiger charge is 2.50. The fraction of sp³-hybridized carbons (Fsp3) is 0.616. The van der Waals surface area contributed by atoms with Gasteiger partial charge in [-0.05, 0) is 141 Å². The molecule has 0 radical (unpaired) electrons. The molecule has 6 atom stereocenters. The van der Waals surface area contributed by atoms with Gasteiger partial charge in [0.1, 0.15) is 18.8 Å². The lowest BCUT2D eigenvalue weighted by molar-refractivity contribution is -0.301. The summed E-state index contributed by atoms with van der Waals surface area (Å²) >= 11 is 0. The van der Waals surface area contributed by atoms with Gasteiger partial charge in [-0.25, -0.2) is 4.79 Å². The van der Waals surface area contributed by atoms with Crippen molar-refractivity contribution in [1.82, 2.24) is 0 Å². The van der Waals surface area contributed by atoms with E-state index in [9.17, 15) is 34.5 Å². The lowest BCUT2D eigenvalue weighted by atomic mass is 9.98. The first kappa shape index (κ1) is 77.6. The summed E-state index contributed by atoms with van der Waals surface area (Å²) in [7, 11) is 0. The number of hydrogen-bond acceptors (Lipinski definition) is 11. The number of carboxylic acid groups (broad SMARTS) is 1. The first-order chi connectivity index (χ1) is 41.6. The van der Waals surface area contributed by atoms with E-state index in [2.05, 4.69) is 167 Å². The van der Waals surface area contributed by atoms with Gasteiger partial charge in [0.25, 0.3) is 0 Å². The second kappa shape index (κ2) is 59.0. The smallest absolute Gasteiger partial charge is 0.335 e. The van der Waals surface area contributed by atoms with E-state index in [1.54, 1.807) is 0 Å². The summed E-state index contributed by atoms with van der Waals surface area (Å²) in [5, 5.41) is 31.6. The molecule has 1 fully saturated rings. The van der Waals surface area contributed by atoms with Crippen LogP contribution in [-0.2, 0) is 42.9 Å². The van der Waals surface area contributed by atoms with Crippen LogP contribution in [0.25, 0.3) is 0 Å². The minimum atomic E-state index is -1.93. The van der Waals surface area contributed by atoms with Crippen LogP contribution in [0.15, 0.2) is 146 Å². The molecule has 0 saturated carbocycles. The summed E-state index contributed by atoms with van der Waals surface area (Å²) in [5.74, 6) is -3.23. The summed E-state index contributed by atoms with van der Waals surface area (Å²) in [6.07, 6.45) is 72.2. The van der Waals surface area contributed by atoms with Gasteiger partial charge in [-0.1, -0.05) is 224 Å². The van der Waals surface area contributed by atoms with E-state index < -0.39 is 67.3 Å².